The molecule has 106 valence electrons. The summed E-state index contributed by atoms with van der Waals surface area (Å²) in [5, 5.41) is 0. The van der Waals surface area contributed by atoms with Crippen LogP contribution in [0.3, 0.4) is 0 Å². The lowest BCUT2D eigenvalue weighted by Gasteiger charge is -2.31. The summed E-state index contributed by atoms with van der Waals surface area (Å²) in [5.41, 5.74) is 3.17. The molecule has 0 saturated heterocycles. The third-order valence-electron chi connectivity index (χ3n) is 3.97. The van der Waals surface area contributed by atoms with E-state index in [9.17, 15) is 4.79 Å². The van der Waals surface area contributed by atoms with Gasteiger partial charge >= 0.3 is 5.97 Å². The van der Waals surface area contributed by atoms with Crippen LogP contribution in [0, 0.1) is 8.99 Å². The highest BCUT2D eigenvalue weighted by Crippen LogP contribution is 2.41. The smallest absolute Gasteiger partial charge is 0.315 e. The fourth-order valence-electron chi connectivity index (χ4n) is 2.74. The number of carbonyl (C=O) groups excluding carboxylic acids is 1. The molecule has 0 fully saturated rings. The average Bonchev–Trinajstić information content (AvgIpc) is 2.46. The SMILES string of the molecule is CCC1(C(=O)OC)C=CC(c2cccc(I)c2)=C(C)C1. The van der Waals surface area contributed by atoms with Gasteiger partial charge in [-0.25, -0.2) is 0 Å². The Hall–Kier alpha value is -1.10. The molecule has 1 aliphatic rings. The molecule has 20 heavy (non-hydrogen) atoms. The summed E-state index contributed by atoms with van der Waals surface area (Å²) in [6, 6.07) is 8.42. The molecule has 1 aromatic carbocycles. The van der Waals surface area contributed by atoms with E-state index in [0.29, 0.717) is 0 Å². The van der Waals surface area contributed by atoms with Gasteiger partial charge in [0.1, 0.15) is 0 Å². The molecule has 0 aromatic heterocycles. The van der Waals surface area contributed by atoms with Crippen LogP contribution in [0.4, 0.5) is 0 Å². The third-order valence-corrected chi connectivity index (χ3v) is 4.64. The second-order valence-corrected chi connectivity index (χ2v) is 6.46. The van der Waals surface area contributed by atoms with E-state index in [-0.39, 0.29) is 5.97 Å². The fourth-order valence-corrected chi connectivity index (χ4v) is 3.28. The van der Waals surface area contributed by atoms with Crippen molar-refractivity contribution in [3.63, 3.8) is 0 Å². The van der Waals surface area contributed by atoms with Gasteiger partial charge in [0.15, 0.2) is 0 Å². The fraction of sp³-hybridized carbons (Fsp3) is 0.353. The van der Waals surface area contributed by atoms with Crippen molar-refractivity contribution in [3.05, 3.63) is 51.1 Å². The number of methoxy groups -OCH3 is 1. The number of allylic oxidation sites excluding steroid dienone is 3. The first-order chi connectivity index (χ1) is 9.52. The number of rotatable bonds is 3. The second kappa shape index (κ2) is 6.12. The maximum atomic E-state index is 12.1. The quantitative estimate of drug-likeness (QED) is 0.565. The maximum Gasteiger partial charge on any atom is 0.315 e. The van der Waals surface area contributed by atoms with Crippen LogP contribution in [-0.2, 0) is 9.53 Å². The summed E-state index contributed by atoms with van der Waals surface area (Å²) in [7, 11) is 1.46. The number of benzene rings is 1. The van der Waals surface area contributed by atoms with Crippen molar-refractivity contribution < 1.29 is 9.53 Å². The molecule has 0 saturated carbocycles. The van der Waals surface area contributed by atoms with Crippen LogP contribution < -0.4 is 0 Å². The van der Waals surface area contributed by atoms with E-state index < -0.39 is 5.41 Å². The van der Waals surface area contributed by atoms with Crippen molar-refractivity contribution >= 4 is 34.1 Å². The first-order valence-corrected chi connectivity index (χ1v) is 7.83. The molecule has 1 atom stereocenters. The average molecular weight is 382 g/mol. The molecule has 0 heterocycles. The van der Waals surface area contributed by atoms with Crippen molar-refractivity contribution in [2.75, 3.05) is 7.11 Å². The molecule has 0 spiro atoms. The van der Waals surface area contributed by atoms with Crippen molar-refractivity contribution in [3.8, 4) is 0 Å². The van der Waals surface area contributed by atoms with Gasteiger partial charge in [-0.15, -0.1) is 0 Å². The largest absolute Gasteiger partial charge is 0.468 e. The van der Waals surface area contributed by atoms with Gasteiger partial charge in [0.25, 0.3) is 0 Å². The maximum absolute atomic E-state index is 12.1. The highest BCUT2D eigenvalue weighted by molar-refractivity contribution is 14.1. The molecule has 0 radical (unpaired) electrons. The summed E-state index contributed by atoms with van der Waals surface area (Å²) in [6.07, 6.45) is 5.58. The molecule has 1 aliphatic carbocycles. The zero-order valence-corrected chi connectivity index (χ0v) is 14.2. The van der Waals surface area contributed by atoms with Crippen LogP contribution in [0.15, 0.2) is 42.0 Å². The zero-order valence-electron chi connectivity index (χ0n) is 12.1. The van der Waals surface area contributed by atoms with Gasteiger partial charge in [-0.3, -0.25) is 4.79 Å². The molecule has 0 amide bonds. The van der Waals surface area contributed by atoms with Crippen molar-refractivity contribution in [2.24, 2.45) is 5.41 Å². The molecule has 0 aliphatic heterocycles. The van der Waals surface area contributed by atoms with Gasteiger partial charge < -0.3 is 4.74 Å². The molecule has 0 bridgehead atoms. The Morgan fingerprint density at radius 3 is 2.75 bits per heavy atom. The van der Waals surface area contributed by atoms with Crippen LogP contribution in [0.25, 0.3) is 5.57 Å². The number of carbonyl (C=O) groups is 1. The van der Waals surface area contributed by atoms with Gasteiger partial charge in [0.05, 0.1) is 12.5 Å². The van der Waals surface area contributed by atoms with Gasteiger partial charge in [-0.1, -0.05) is 36.8 Å². The summed E-state index contributed by atoms with van der Waals surface area (Å²) < 4.78 is 6.20. The Morgan fingerprint density at radius 2 is 2.20 bits per heavy atom. The van der Waals surface area contributed by atoms with Crippen molar-refractivity contribution in [1.29, 1.82) is 0 Å². The highest BCUT2D eigenvalue weighted by Gasteiger charge is 2.37. The minimum atomic E-state index is -0.496. The van der Waals surface area contributed by atoms with E-state index in [1.165, 1.54) is 27.4 Å². The lowest BCUT2D eigenvalue weighted by atomic mass is 9.74. The second-order valence-electron chi connectivity index (χ2n) is 5.22. The third kappa shape index (κ3) is 2.82. The molecule has 1 aromatic rings. The Balaban J connectivity index is 2.37. The first-order valence-electron chi connectivity index (χ1n) is 6.76. The van der Waals surface area contributed by atoms with Crippen LogP contribution >= 0.6 is 22.6 Å². The Labute approximate surface area is 134 Å². The lowest BCUT2D eigenvalue weighted by Crippen LogP contribution is -2.31. The van der Waals surface area contributed by atoms with Gasteiger partial charge in [-0.2, -0.15) is 0 Å². The number of hydrogen-bond acceptors (Lipinski definition) is 2. The summed E-state index contributed by atoms with van der Waals surface area (Å²) in [6.45, 7) is 4.14. The summed E-state index contributed by atoms with van der Waals surface area (Å²) in [4.78, 5) is 12.1. The molecule has 2 rings (SSSR count). The number of halogens is 1. The van der Waals surface area contributed by atoms with Crippen molar-refractivity contribution in [2.45, 2.75) is 26.7 Å². The molecule has 3 heteroatoms. The van der Waals surface area contributed by atoms with Crippen LogP contribution in [0.2, 0.25) is 0 Å². The van der Waals surface area contributed by atoms with Crippen molar-refractivity contribution in [1.82, 2.24) is 0 Å². The molecular weight excluding hydrogens is 363 g/mol. The normalized spacial score (nSPS) is 22.0. The standard InChI is InChI=1S/C17H19IO2/c1-4-17(16(19)20-3)9-8-15(12(2)11-17)13-6-5-7-14(18)10-13/h5-10H,4,11H2,1-3H3. The lowest BCUT2D eigenvalue weighted by molar-refractivity contribution is -0.150. The van der Waals surface area contributed by atoms with Gasteiger partial charge in [-0.05, 0) is 65.6 Å². The van der Waals surface area contributed by atoms with E-state index in [4.69, 9.17) is 4.74 Å². The number of hydrogen-bond donors (Lipinski definition) is 0. The van der Waals surface area contributed by atoms with E-state index >= 15 is 0 Å². The summed E-state index contributed by atoms with van der Waals surface area (Å²) >= 11 is 2.32. The Kier molecular flexibility index (Phi) is 4.68. The number of ether oxygens (including phenoxy) is 1. The Morgan fingerprint density at radius 1 is 1.45 bits per heavy atom. The van der Waals surface area contributed by atoms with E-state index in [1.54, 1.807) is 0 Å². The molecule has 2 nitrogen and oxygen atoms in total. The van der Waals surface area contributed by atoms with Gasteiger partial charge in [0, 0.05) is 3.57 Å². The zero-order chi connectivity index (χ0) is 14.8. The molecule has 1 unspecified atom stereocenters. The minimum Gasteiger partial charge on any atom is -0.468 e. The highest BCUT2D eigenvalue weighted by atomic mass is 127. The van der Waals surface area contributed by atoms with Crippen LogP contribution in [0.1, 0.15) is 32.3 Å². The summed E-state index contributed by atoms with van der Waals surface area (Å²) in [5.74, 6) is -0.141. The predicted octanol–water partition coefficient (Wildman–Crippen LogP) is 4.59. The monoisotopic (exact) mass is 382 g/mol. The minimum absolute atomic E-state index is 0.141. The molecular formula is C17H19IO2. The number of esters is 1. The van der Waals surface area contributed by atoms with Gasteiger partial charge in [0.2, 0.25) is 0 Å². The van der Waals surface area contributed by atoms with E-state index in [0.717, 1.165) is 12.8 Å². The van der Waals surface area contributed by atoms with Crippen LogP contribution in [-0.4, -0.2) is 13.1 Å². The van der Waals surface area contributed by atoms with E-state index in [1.807, 2.05) is 13.0 Å². The predicted molar refractivity (Wildman–Crippen MR) is 90.3 cm³/mol. The van der Waals surface area contributed by atoms with E-state index in [2.05, 4.69) is 59.9 Å². The Bertz CT molecular complexity index is 586. The topological polar surface area (TPSA) is 26.3 Å². The molecule has 0 N–H and O–H groups in total. The first kappa shape index (κ1) is 15.3. The van der Waals surface area contributed by atoms with Crippen LogP contribution in [0.5, 0.6) is 0 Å².